The predicted molar refractivity (Wildman–Crippen MR) is 129 cm³/mol. The summed E-state index contributed by atoms with van der Waals surface area (Å²) in [7, 11) is -0.348. The van der Waals surface area contributed by atoms with E-state index in [1.807, 2.05) is 18.2 Å². The van der Waals surface area contributed by atoms with Crippen molar-refractivity contribution >= 4 is 15.5 Å². The van der Waals surface area contributed by atoms with Gasteiger partial charge in [-0.05, 0) is 54.8 Å². The zero-order valence-corrected chi connectivity index (χ0v) is 19.6. The summed E-state index contributed by atoms with van der Waals surface area (Å²) in [6.45, 7) is 0. The van der Waals surface area contributed by atoms with Crippen LogP contribution in [0.2, 0.25) is 0 Å². The van der Waals surface area contributed by atoms with Crippen LogP contribution in [-0.2, 0) is 9.84 Å². The molecule has 1 aliphatic carbocycles. The standard InChI is InChI=1S/C27H27NO4S/c1-31-25-16-22-21-13-6-7-14-24(21)28-27(23(22)17-26(25)32-2)18-9-8-12-20(15-18)33(29,30)19-10-4-3-5-11-19/h3-5,8-12,15-17,21,24H,6-7,13-14H2,1-2H3/t21-,24-/m1/s1. The van der Waals surface area contributed by atoms with Gasteiger partial charge in [-0.2, -0.15) is 0 Å². The van der Waals surface area contributed by atoms with Crippen LogP contribution < -0.4 is 9.47 Å². The van der Waals surface area contributed by atoms with E-state index in [4.69, 9.17) is 14.5 Å². The van der Waals surface area contributed by atoms with Gasteiger partial charge in [0.1, 0.15) is 0 Å². The van der Waals surface area contributed by atoms with Gasteiger partial charge in [-0.1, -0.05) is 43.2 Å². The molecule has 0 aromatic heterocycles. The minimum atomic E-state index is -3.62. The number of benzene rings is 3. The molecule has 0 radical (unpaired) electrons. The van der Waals surface area contributed by atoms with E-state index >= 15 is 0 Å². The highest BCUT2D eigenvalue weighted by atomic mass is 32.2. The van der Waals surface area contributed by atoms with Crippen LogP contribution in [0, 0.1) is 0 Å². The van der Waals surface area contributed by atoms with Crippen molar-refractivity contribution in [2.45, 2.75) is 47.4 Å². The molecule has 1 fully saturated rings. The van der Waals surface area contributed by atoms with Gasteiger partial charge in [0.2, 0.25) is 9.84 Å². The highest BCUT2D eigenvalue weighted by Gasteiger charge is 2.35. The molecule has 0 N–H and O–H groups in total. The van der Waals surface area contributed by atoms with Gasteiger partial charge >= 0.3 is 0 Å². The third-order valence-corrected chi connectivity index (χ3v) is 8.47. The van der Waals surface area contributed by atoms with Crippen molar-refractivity contribution in [3.63, 3.8) is 0 Å². The summed E-state index contributed by atoms with van der Waals surface area (Å²) >= 11 is 0. The zero-order valence-electron chi connectivity index (χ0n) is 18.8. The number of hydrogen-bond acceptors (Lipinski definition) is 5. The number of aliphatic imine (C=N–C) groups is 1. The van der Waals surface area contributed by atoms with Gasteiger partial charge < -0.3 is 9.47 Å². The van der Waals surface area contributed by atoms with Crippen molar-refractivity contribution < 1.29 is 17.9 Å². The molecule has 0 unspecified atom stereocenters. The molecule has 0 spiro atoms. The van der Waals surface area contributed by atoms with Crippen LogP contribution in [0.15, 0.2) is 81.5 Å². The second-order valence-corrected chi connectivity index (χ2v) is 10.5. The molecule has 170 valence electrons. The molecule has 2 atom stereocenters. The van der Waals surface area contributed by atoms with Gasteiger partial charge in [0.25, 0.3) is 0 Å². The predicted octanol–water partition coefficient (Wildman–Crippen LogP) is 5.41. The second kappa shape index (κ2) is 8.67. The van der Waals surface area contributed by atoms with Crippen molar-refractivity contribution in [2.75, 3.05) is 14.2 Å². The summed E-state index contributed by atoms with van der Waals surface area (Å²) in [4.78, 5) is 5.72. The largest absolute Gasteiger partial charge is 0.493 e. The van der Waals surface area contributed by atoms with E-state index in [1.165, 1.54) is 12.0 Å². The topological polar surface area (TPSA) is 65.0 Å². The van der Waals surface area contributed by atoms with Crippen LogP contribution in [0.5, 0.6) is 11.5 Å². The Morgan fingerprint density at radius 2 is 1.52 bits per heavy atom. The molecule has 1 saturated carbocycles. The van der Waals surface area contributed by atoms with E-state index in [9.17, 15) is 8.42 Å². The summed E-state index contributed by atoms with van der Waals surface area (Å²) in [5, 5.41) is 0. The first-order valence-electron chi connectivity index (χ1n) is 11.3. The lowest BCUT2D eigenvalue weighted by Crippen LogP contribution is -2.29. The fourth-order valence-electron chi connectivity index (χ4n) is 5.05. The first kappa shape index (κ1) is 21.7. The van der Waals surface area contributed by atoms with Crippen molar-refractivity contribution in [1.29, 1.82) is 0 Å². The maximum Gasteiger partial charge on any atom is 0.206 e. The van der Waals surface area contributed by atoms with Crippen molar-refractivity contribution in [1.82, 2.24) is 0 Å². The Balaban J connectivity index is 1.66. The van der Waals surface area contributed by atoms with Crippen LogP contribution in [0.25, 0.3) is 0 Å². The first-order valence-corrected chi connectivity index (χ1v) is 12.8. The molecule has 0 saturated heterocycles. The summed E-state index contributed by atoms with van der Waals surface area (Å²) in [5.41, 5.74) is 3.81. The summed E-state index contributed by atoms with van der Waals surface area (Å²) in [6.07, 6.45) is 4.46. The van der Waals surface area contributed by atoms with Crippen molar-refractivity contribution in [3.05, 3.63) is 83.4 Å². The molecule has 0 bridgehead atoms. The van der Waals surface area contributed by atoms with Crippen LogP contribution in [0.4, 0.5) is 0 Å². The summed E-state index contributed by atoms with van der Waals surface area (Å²) < 4.78 is 37.7. The molecule has 5 rings (SSSR count). The first-order chi connectivity index (χ1) is 16.0. The minimum Gasteiger partial charge on any atom is -0.493 e. The van der Waals surface area contributed by atoms with Gasteiger partial charge in [-0.25, -0.2) is 8.42 Å². The van der Waals surface area contributed by atoms with E-state index < -0.39 is 9.84 Å². The van der Waals surface area contributed by atoms with Crippen LogP contribution in [-0.4, -0.2) is 34.4 Å². The SMILES string of the molecule is COc1cc2c(cc1OC)[C@H]1CCCC[C@H]1N=C2c1cccc(S(=O)(=O)c2ccccc2)c1. The number of sulfone groups is 1. The summed E-state index contributed by atoms with van der Waals surface area (Å²) in [5.74, 6) is 1.70. The monoisotopic (exact) mass is 461 g/mol. The third kappa shape index (κ3) is 3.82. The fourth-order valence-corrected chi connectivity index (χ4v) is 6.37. The third-order valence-electron chi connectivity index (χ3n) is 6.71. The number of fused-ring (bicyclic) bond motifs is 3. The molecular formula is C27H27NO4S. The van der Waals surface area contributed by atoms with Crippen LogP contribution in [0.3, 0.4) is 0 Å². The Labute approximate surface area is 195 Å². The molecule has 0 amide bonds. The van der Waals surface area contributed by atoms with Gasteiger partial charge in [-0.3, -0.25) is 4.99 Å². The molecule has 5 nitrogen and oxygen atoms in total. The van der Waals surface area contributed by atoms with Crippen LogP contribution >= 0.6 is 0 Å². The lowest BCUT2D eigenvalue weighted by molar-refractivity contribution is 0.349. The molecular weight excluding hydrogens is 434 g/mol. The van der Waals surface area contributed by atoms with E-state index in [1.54, 1.807) is 56.7 Å². The number of nitrogens with zero attached hydrogens (tertiary/aromatic N) is 1. The Kier molecular flexibility index (Phi) is 5.71. The quantitative estimate of drug-likeness (QED) is 0.509. The second-order valence-electron chi connectivity index (χ2n) is 8.57. The maximum absolute atomic E-state index is 13.2. The normalized spacial score (nSPS) is 19.8. The van der Waals surface area contributed by atoms with Crippen molar-refractivity contribution in [3.8, 4) is 11.5 Å². The number of ether oxygens (including phenoxy) is 2. The molecule has 6 heteroatoms. The molecule has 3 aromatic rings. The number of methoxy groups -OCH3 is 2. The van der Waals surface area contributed by atoms with Gasteiger partial charge in [0, 0.05) is 17.0 Å². The van der Waals surface area contributed by atoms with E-state index in [0.29, 0.717) is 17.4 Å². The smallest absolute Gasteiger partial charge is 0.206 e. The van der Waals surface area contributed by atoms with Gasteiger partial charge in [0.15, 0.2) is 11.5 Å². The molecule has 2 aliphatic rings. The Morgan fingerprint density at radius 3 is 2.27 bits per heavy atom. The summed E-state index contributed by atoms with van der Waals surface area (Å²) in [6, 6.07) is 19.9. The number of rotatable bonds is 5. The molecule has 1 heterocycles. The highest BCUT2D eigenvalue weighted by Crippen LogP contribution is 2.44. The molecule has 1 aliphatic heterocycles. The average molecular weight is 462 g/mol. The highest BCUT2D eigenvalue weighted by molar-refractivity contribution is 7.91. The fraction of sp³-hybridized carbons (Fsp3) is 0.296. The van der Waals surface area contributed by atoms with Crippen LogP contribution in [0.1, 0.15) is 48.3 Å². The molecule has 33 heavy (non-hydrogen) atoms. The van der Waals surface area contributed by atoms with Gasteiger partial charge in [0.05, 0.1) is 35.8 Å². The molecule has 3 aromatic carbocycles. The van der Waals surface area contributed by atoms with Gasteiger partial charge in [-0.15, -0.1) is 0 Å². The Bertz CT molecular complexity index is 1320. The van der Waals surface area contributed by atoms with Crippen molar-refractivity contribution in [2.24, 2.45) is 4.99 Å². The van der Waals surface area contributed by atoms with E-state index in [-0.39, 0.29) is 15.8 Å². The maximum atomic E-state index is 13.2. The van der Waals surface area contributed by atoms with E-state index in [0.717, 1.165) is 36.1 Å². The minimum absolute atomic E-state index is 0.189. The lowest BCUT2D eigenvalue weighted by Gasteiger charge is -2.35. The number of hydrogen-bond donors (Lipinski definition) is 0. The lowest BCUT2D eigenvalue weighted by atomic mass is 9.75. The Hall–Kier alpha value is -3.12. The Morgan fingerprint density at radius 1 is 0.818 bits per heavy atom. The average Bonchev–Trinajstić information content (AvgIpc) is 2.88. The van der Waals surface area contributed by atoms with E-state index in [2.05, 4.69) is 6.07 Å². The zero-order chi connectivity index (χ0) is 23.0.